The van der Waals surface area contributed by atoms with Crippen LogP contribution in [0, 0.1) is 0 Å². The van der Waals surface area contributed by atoms with Gasteiger partial charge in [0.05, 0.1) is 18.8 Å². The number of para-hydroxylation sites is 1. The third-order valence-electron chi connectivity index (χ3n) is 4.73. The molecule has 4 nitrogen and oxygen atoms in total. The number of methoxy groups -OCH3 is 1. The van der Waals surface area contributed by atoms with Crippen LogP contribution >= 0.6 is 0 Å². The van der Waals surface area contributed by atoms with Gasteiger partial charge < -0.3 is 9.75 Å². The molecule has 0 amide bonds. The average Bonchev–Trinajstić information content (AvgIpc) is 3.10. The molecule has 0 saturated carbocycles. The van der Waals surface area contributed by atoms with Crippen LogP contribution < -0.4 is 10.4 Å². The van der Waals surface area contributed by atoms with Gasteiger partial charge in [0, 0.05) is 6.42 Å². The zero-order chi connectivity index (χ0) is 15.2. The van der Waals surface area contributed by atoms with E-state index in [0.29, 0.717) is 6.42 Å². The normalized spacial score (nSPS) is 25.7. The van der Waals surface area contributed by atoms with Crippen molar-refractivity contribution in [1.29, 1.82) is 0 Å². The van der Waals surface area contributed by atoms with E-state index in [4.69, 9.17) is 4.74 Å². The van der Waals surface area contributed by atoms with Gasteiger partial charge in [-0.25, -0.2) is 10.2 Å². The summed E-state index contributed by atoms with van der Waals surface area (Å²) < 4.78 is 5.12. The van der Waals surface area contributed by atoms with E-state index in [1.165, 1.54) is 12.7 Å². The number of benzene rings is 2. The van der Waals surface area contributed by atoms with Crippen LogP contribution in [0.4, 0.5) is 5.69 Å². The van der Waals surface area contributed by atoms with Crippen molar-refractivity contribution in [3.05, 3.63) is 65.7 Å². The number of fused-ring (bicyclic) bond motifs is 3. The first kappa shape index (κ1) is 13.3. The molecule has 2 atom stereocenters. The van der Waals surface area contributed by atoms with Gasteiger partial charge in [-0.3, -0.25) is 0 Å². The van der Waals surface area contributed by atoms with Crippen molar-refractivity contribution in [2.24, 2.45) is 0 Å². The van der Waals surface area contributed by atoms with Gasteiger partial charge in [-0.1, -0.05) is 48.5 Å². The van der Waals surface area contributed by atoms with Crippen LogP contribution in [0.1, 0.15) is 17.5 Å². The maximum atomic E-state index is 12.6. The van der Waals surface area contributed by atoms with E-state index in [0.717, 1.165) is 17.7 Å². The Morgan fingerprint density at radius 2 is 1.91 bits per heavy atom. The van der Waals surface area contributed by atoms with Crippen LogP contribution in [0.25, 0.3) is 0 Å². The Bertz CT molecular complexity index is 716. The van der Waals surface area contributed by atoms with Gasteiger partial charge in [-0.15, -0.1) is 0 Å². The molecule has 2 aliphatic heterocycles. The molecule has 0 spiro atoms. The largest absolute Gasteiger partial charge is 0.467 e. The molecule has 1 fully saturated rings. The van der Waals surface area contributed by atoms with Crippen molar-refractivity contribution in [2.75, 3.05) is 12.1 Å². The molecule has 2 aromatic rings. The quantitative estimate of drug-likeness (QED) is 0.864. The van der Waals surface area contributed by atoms with Crippen LogP contribution in [0.3, 0.4) is 0 Å². The van der Waals surface area contributed by atoms with Crippen molar-refractivity contribution in [3.63, 3.8) is 0 Å². The van der Waals surface area contributed by atoms with Crippen LogP contribution in [0.2, 0.25) is 0 Å². The lowest BCUT2D eigenvalue weighted by atomic mass is 9.85. The summed E-state index contributed by atoms with van der Waals surface area (Å²) in [5.41, 5.74) is 6.09. The number of rotatable bonds is 2. The van der Waals surface area contributed by atoms with Gasteiger partial charge in [0.2, 0.25) is 0 Å². The van der Waals surface area contributed by atoms with E-state index >= 15 is 0 Å². The molecule has 2 aliphatic rings. The number of carbonyl (C=O) groups excluding carboxylic acids is 1. The molecular formula is C18H18N2O2. The number of nitrogens with one attached hydrogen (secondary N) is 1. The summed E-state index contributed by atoms with van der Waals surface area (Å²) in [4.78, 5) is 12.6. The van der Waals surface area contributed by atoms with Crippen molar-refractivity contribution >= 4 is 11.7 Å². The summed E-state index contributed by atoms with van der Waals surface area (Å²) in [6, 6.07) is 18.5. The first-order valence-corrected chi connectivity index (χ1v) is 7.53. The Morgan fingerprint density at radius 3 is 2.68 bits per heavy atom. The lowest BCUT2D eigenvalue weighted by Gasteiger charge is -2.29. The number of hydrogen-bond acceptors (Lipinski definition) is 4. The fourth-order valence-corrected chi connectivity index (χ4v) is 3.71. The van der Waals surface area contributed by atoms with E-state index in [1.807, 2.05) is 36.4 Å². The van der Waals surface area contributed by atoms with Gasteiger partial charge >= 0.3 is 5.97 Å². The number of carbonyl (C=O) groups is 1. The first-order valence-electron chi connectivity index (χ1n) is 7.53. The number of esters is 1. The number of hydrogen-bond donors (Lipinski definition) is 1. The second-order valence-electron chi connectivity index (χ2n) is 5.94. The van der Waals surface area contributed by atoms with Crippen LogP contribution in [-0.2, 0) is 21.5 Å². The number of hydrazine groups is 1. The minimum absolute atomic E-state index is 0.231. The molecule has 0 radical (unpaired) electrons. The molecule has 0 bridgehead atoms. The SMILES string of the molecule is COC(=O)[C@]1(c2ccccc2)C[C@@H]2Cc3ccccc3N2N1. The van der Waals surface area contributed by atoms with Gasteiger partial charge in [0.25, 0.3) is 0 Å². The number of nitrogens with zero attached hydrogens (tertiary/aromatic N) is 1. The summed E-state index contributed by atoms with van der Waals surface area (Å²) in [5, 5.41) is 2.14. The summed E-state index contributed by atoms with van der Waals surface area (Å²) in [6.45, 7) is 0. The second-order valence-corrected chi connectivity index (χ2v) is 5.94. The molecule has 0 aromatic heterocycles. The van der Waals surface area contributed by atoms with Crippen molar-refractivity contribution < 1.29 is 9.53 Å². The van der Waals surface area contributed by atoms with Crippen molar-refractivity contribution in [1.82, 2.24) is 5.43 Å². The Labute approximate surface area is 129 Å². The molecule has 4 rings (SSSR count). The van der Waals surface area contributed by atoms with Crippen molar-refractivity contribution in [2.45, 2.75) is 24.4 Å². The number of ether oxygens (including phenoxy) is 1. The Balaban J connectivity index is 1.77. The molecule has 0 unspecified atom stereocenters. The number of anilines is 1. The molecule has 2 aromatic carbocycles. The third-order valence-corrected chi connectivity index (χ3v) is 4.73. The molecule has 1 saturated heterocycles. The smallest absolute Gasteiger partial charge is 0.332 e. The lowest BCUT2D eigenvalue weighted by molar-refractivity contribution is -0.148. The molecule has 2 heterocycles. The highest BCUT2D eigenvalue weighted by molar-refractivity contribution is 5.84. The molecule has 0 aliphatic carbocycles. The Kier molecular flexibility index (Phi) is 2.94. The van der Waals surface area contributed by atoms with Crippen LogP contribution in [0.5, 0.6) is 0 Å². The summed E-state index contributed by atoms with van der Waals surface area (Å²) in [5.74, 6) is -0.231. The van der Waals surface area contributed by atoms with Crippen LogP contribution in [-0.4, -0.2) is 19.1 Å². The molecular weight excluding hydrogens is 276 g/mol. The van der Waals surface area contributed by atoms with E-state index in [1.54, 1.807) is 0 Å². The zero-order valence-electron chi connectivity index (χ0n) is 12.5. The van der Waals surface area contributed by atoms with E-state index < -0.39 is 5.54 Å². The lowest BCUT2D eigenvalue weighted by Crippen LogP contribution is -2.50. The van der Waals surface area contributed by atoms with E-state index in [-0.39, 0.29) is 12.0 Å². The van der Waals surface area contributed by atoms with Crippen molar-refractivity contribution in [3.8, 4) is 0 Å². The predicted molar refractivity (Wildman–Crippen MR) is 84.3 cm³/mol. The topological polar surface area (TPSA) is 41.6 Å². The third kappa shape index (κ3) is 1.77. The van der Waals surface area contributed by atoms with Gasteiger partial charge in [-0.2, -0.15) is 0 Å². The van der Waals surface area contributed by atoms with E-state index in [2.05, 4.69) is 28.6 Å². The standard InChI is InChI=1S/C18H18N2O2/c1-22-17(21)18(14-8-3-2-4-9-14)12-15-11-13-7-5-6-10-16(13)20(15)19-18/h2-10,15,19H,11-12H2,1H3/t15-,18+/m0/s1. The molecule has 22 heavy (non-hydrogen) atoms. The minimum atomic E-state index is -0.797. The maximum Gasteiger partial charge on any atom is 0.332 e. The minimum Gasteiger partial charge on any atom is -0.467 e. The first-order chi connectivity index (χ1) is 10.7. The summed E-state index contributed by atoms with van der Waals surface area (Å²) in [7, 11) is 1.45. The monoisotopic (exact) mass is 294 g/mol. The van der Waals surface area contributed by atoms with Gasteiger partial charge in [0.1, 0.15) is 0 Å². The average molecular weight is 294 g/mol. The van der Waals surface area contributed by atoms with Crippen LogP contribution in [0.15, 0.2) is 54.6 Å². The summed E-state index contributed by atoms with van der Waals surface area (Å²) >= 11 is 0. The van der Waals surface area contributed by atoms with E-state index in [9.17, 15) is 4.79 Å². The molecule has 1 N–H and O–H groups in total. The Hall–Kier alpha value is -2.33. The summed E-state index contributed by atoms with van der Waals surface area (Å²) in [6.07, 6.45) is 1.66. The van der Waals surface area contributed by atoms with Gasteiger partial charge in [0.15, 0.2) is 5.54 Å². The van der Waals surface area contributed by atoms with Gasteiger partial charge in [-0.05, 0) is 23.6 Å². The predicted octanol–water partition coefficient (Wildman–Crippen LogP) is 2.39. The highest BCUT2D eigenvalue weighted by Gasteiger charge is 2.53. The molecule has 112 valence electrons. The highest BCUT2D eigenvalue weighted by Crippen LogP contribution is 2.43. The second kappa shape index (κ2) is 4.85. The fourth-order valence-electron chi connectivity index (χ4n) is 3.71. The maximum absolute atomic E-state index is 12.6. The zero-order valence-corrected chi connectivity index (χ0v) is 12.5. The fraction of sp³-hybridized carbons (Fsp3) is 0.278. The Morgan fingerprint density at radius 1 is 1.18 bits per heavy atom. The molecule has 4 heteroatoms. The highest BCUT2D eigenvalue weighted by atomic mass is 16.5.